The number of nitrogen functional groups attached to an aromatic ring is 2. The minimum Gasteiger partial charge on any atom is -0.399 e. The molecular formula is C14H14N2O. The third-order valence-electron chi connectivity index (χ3n) is 2.67. The summed E-state index contributed by atoms with van der Waals surface area (Å²) in [5.74, 6) is 0.0248. The van der Waals surface area contributed by atoms with Gasteiger partial charge in [-0.3, -0.25) is 4.79 Å². The van der Waals surface area contributed by atoms with Crippen LogP contribution >= 0.6 is 0 Å². The van der Waals surface area contributed by atoms with Gasteiger partial charge in [0, 0.05) is 22.5 Å². The maximum absolute atomic E-state index is 11.6. The molecule has 0 unspecified atom stereocenters. The molecule has 0 atom stereocenters. The first kappa shape index (κ1) is 11.2. The first-order valence-electron chi connectivity index (χ1n) is 5.35. The fourth-order valence-corrected chi connectivity index (χ4v) is 1.85. The third-order valence-corrected chi connectivity index (χ3v) is 2.67. The van der Waals surface area contributed by atoms with Crippen molar-refractivity contribution in [3.63, 3.8) is 0 Å². The lowest BCUT2D eigenvalue weighted by Gasteiger charge is -2.10. The van der Waals surface area contributed by atoms with Crippen molar-refractivity contribution in [2.75, 3.05) is 11.5 Å². The third kappa shape index (κ3) is 2.13. The molecule has 0 heterocycles. The number of rotatable bonds is 2. The number of carbonyl (C=O) groups is 1. The van der Waals surface area contributed by atoms with Gasteiger partial charge in [-0.1, -0.05) is 30.3 Å². The summed E-state index contributed by atoms with van der Waals surface area (Å²) >= 11 is 0. The molecule has 0 aliphatic carbocycles. The normalized spacial score (nSPS) is 10.2. The zero-order valence-electron chi connectivity index (χ0n) is 9.60. The molecule has 0 radical (unpaired) electrons. The monoisotopic (exact) mass is 226 g/mol. The summed E-state index contributed by atoms with van der Waals surface area (Å²) in [5, 5.41) is 0. The molecular weight excluding hydrogens is 212 g/mol. The van der Waals surface area contributed by atoms with Gasteiger partial charge in [0.25, 0.3) is 0 Å². The molecule has 2 aromatic carbocycles. The molecule has 86 valence electrons. The smallest absolute Gasteiger partial charge is 0.160 e. The van der Waals surface area contributed by atoms with Crippen LogP contribution in [-0.4, -0.2) is 5.78 Å². The van der Waals surface area contributed by atoms with E-state index in [-0.39, 0.29) is 5.78 Å². The Morgan fingerprint density at radius 2 is 1.71 bits per heavy atom. The highest BCUT2D eigenvalue weighted by molar-refractivity contribution is 6.02. The lowest BCUT2D eigenvalue weighted by atomic mass is 9.96. The van der Waals surface area contributed by atoms with E-state index < -0.39 is 0 Å². The van der Waals surface area contributed by atoms with Crippen LogP contribution in [0.5, 0.6) is 0 Å². The van der Waals surface area contributed by atoms with Gasteiger partial charge in [0.05, 0.1) is 0 Å². The van der Waals surface area contributed by atoms with Crippen molar-refractivity contribution in [2.24, 2.45) is 0 Å². The van der Waals surface area contributed by atoms with Crippen LogP contribution in [0.4, 0.5) is 11.4 Å². The summed E-state index contributed by atoms with van der Waals surface area (Å²) < 4.78 is 0. The Balaban J connectivity index is 2.64. The number of benzene rings is 2. The van der Waals surface area contributed by atoms with E-state index >= 15 is 0 Å². The van der Waals surface area contributed by atoms with E-state index in [1.54, 1.807) is 25.1 Å². The number of nitrogens with two attached hydrogens (primary N) is 2. The van der Waals surface area contributed by atoms with Gasteiger partial charge in [-0.15, -0.1) is 0 Å². The van der Waals surface area contributed by atoms with Crippen LogP contribution in [0.1, 0.15) is 17.3 Å². The van der Waals surface area contributed by atoms with E-state index in [0.29, 0.717) is 16.9 Å². The maximum Gasteiger partial charge on any atom is 0.160 e. The topological polar surface area (TPSA) is 69.1 Å². The fourth-order valence-electron chi connectivity index (χ4n) is 1.85. The highest BCUT2D eigenvalue weighted by Gasteiger charge is 2.10. The second kappa shape index (κ2) is 4.29. The zero-order chi connectivity index (χ0) is 12.4. The quantitative estimate of drug-likeness (QED) is 0.611. The number of Topliss-reactive ketones (excluding diaryl/α,β-unsaturated/α-hetero) is 1. The minimum absolute atomic E-state index is 0.0248. The van der Waals surface area contributed by atoms with Gasteiger partial charge in [-0.25, -0.2) is 0 Å². The first-order valence-corrected chi connectivity index (χ1v) is 5.35. The van der Waals surface area contributed by atoms with Gasteiger partial charge in [0.2, 0.25) is 0 Å². The van der Waals surface area contributed by atoms with Crippen LogP contribution in [0.15, 0.2) is 42.5 Å². The van der Waals surface area contributed by atoms with Gasteiger partial charge < -0.3 is 11.5 Å². The summed E-state index contributed by atoms with van der Waals surface area (Å²) in [6.07, 6.45) is 0. The van der Waals surface area contributed by atoms with Gasteiger partial charge in [0.1, 0.15) is 0 Å². The molecule has 4 N–H and O–H groups in total. The Kier molecular flexibility index (Phi) is 2.83. The largest absolute Gasteiger partial charge is 0.399 e. The van der Waals surface area contributed by atoms with Crippen LogP contribution in [0.3, 0.4) is 0 Å². The molecule has 0 amide bonds. The van der Waals surface area contributed by atoms with Crippen molar-refractivity contribution < 1.29 is 4.79 Å². The zero-order valence-corrected chi connectivity index (χ0v) is 9.60. The fraction of sp³-hybridized carbons (Fsp3) is 0.0714. The Hall–Kier alpha value is -2.29. The molecule has 0 fully saturated rings. The predicted octanol–water partition coefficient (Wildman–Crippen LogP) is 2.72. The SMILES string of the molecule is CC(=O)c1ccccc1-c1ccc(N)cc1N. The minimum atomic E-state index is 0.0248. The molecule has 0 aliphatic rings. The lowest BCUT2D eigenvalue weighted by molar-refractivity contribution is 0.101. The van der Waals surface area contributed by atoms with Crippen molar-refractivity contribution in [3.05, 3.63) is 48.0 Å². The van der Waals surface area contributed by atoms with Gasteiger partial charge in [0.15, 0.2) is 5.78 Å². The molecule has 0 spiro atoms. The molecule has 17 heavy (non-hydrogen) atoms. The summed E-state index contributed by atoms with van der Waals surface area (Å²) in [4.78, 5) is 11.6. The molecule has 3 heteroatoms. The van der Waals surface area contributed by atoms with Crippen molar-refractivity contribution >= 4 is 17.2 Å². The molecule has 3 nitrogen and oxygen atoms in total. The van der Waals surface area contributed by atoms with Crippen LogP contribution < -0.4 is 11.5 Å². The van der Waals surface area contributed by atoms with Crippen LogP contribution in [0.25, 0.3) is 11.1 Å². The summed E-state index contributed by atoms with van der Waals surface area (Å²) in [7, 11) is 0. The first-order chi connectivity index (χ1) is 8.09. The molecule has 0 aromatic heterocycles. The maximum atomic E-state index is 11.6. The Labute approximate surface area is 100 Å². The molecule has 2 aromatic rings. The van der Waals surface area contributed by atoms with E-state index in [1.165, 1.54) is 0 Å². The molecule has 0 saturated carbocycles. The molecule has 0 bridgehead atoms. The molecule has 0 aliphatic heterocycles. The average molecular weight is 226 g/mol. The number of anilines is 2. The van der Waals surface area contributed by atoms with E-state index in [4.69, 9.17) is 11.5 Å². The predicted molar refractivity (Wildman–Crippen MR) is 70.7 cm³/mol. The Morgan fingerprint density at radius 3 is 2.35 bits per heavy atom. The Morgan fingerprint density at radius 1 is 1.00 bits per heavy atom. The standard InChI is InChI=1S/C14H14N2O/c1-9(17)11-4-2-3-5-12(11)13-7-6-10(15)8-14(13)16/h2-8H,15-16H2,1H3. The molecule has 2 rings (SSSR count). The second-order valence-corrected chi connectivity index (χ2v) is 3.95. The van der Waals surface area contributed by atoms with Crippen LogP contribution in [0, 0.1) is 0 Å². The van der Waals surface area contributed by atoms with Crippen LogP contribution in [0.2, 0.25) is 0 Å². The summed E-state index contributed by atoms with van der Waals surface area (Å²) in [5.41, 5.74) is 15.1. The van der Waals surface area contributed by atoms with Gasteiger partial charge in [-0.05, 0) is 24.6 Å². The number of hydrogen-bond donors (Lipinski definition) is 2. The van der Waals surface area contributed by atoms with E-state index in [1.807, 2.05) is 24.3 Å². The highest BCUT2D eigenvalue weighted by atomic mass is 16.1. The van der Waals surface area contributed by atoms with Crippen molar-refractivity contribution in [1.29, 1.82) is 0 Å². The summed E-state index contributed by atoms with van der Waals surface area (Å²) in [6, 6.07) is 12.7. The lowest BCUT2D eigenvalue weighted by Crippen LogP contribution is -1.99. The van der Waals surface area contributed by atoms with Gasteiger partial charge >= 0.3 is 0 Å². The van der Waals surface area contributed by atoms with E-state index in [0.717, 1.165) is 11.1 Å². The Bertz CT molecular complexity index is 576. The molecule has 0 saturated heterocycles. The average Bonchev–Trinajstić information content (AvgIpc) is 2.29. The van der Waals surface area contributed by atoms with Crippen LogP contribution in [-0.2, 0) is 0 Å². The van der Waals surface area contributed by atoms with Gasteiger partial charge in [-0.2, -0.15) is 0 Å². The highest BCUT2D eigenvalue weighted by Crippen LogP contribution is 2.30. The van der Waals surface area contributed by atoms with E-state index in [9.17, 15) is 4.79 Å². The number of ketones is 1. The van der Waals surface area contributed by atoms with Crippen molar-refractivity contribution in [1.82, 2.24) is 0 Å². The number of hydrogen-bond acceptors (Lipinski definition) is 3. The second-order valence-electron chi connectivity index (χ2n) is 3.95. The van der Waals surface area contributed by atoms with Crippen molar-refractivity contribution in [3.8, 4) is 11.1 Å². The number of carbonyl (C=O) groups excluding carboxylic acids is 1. The van der Waals surface area contributed by atoms with E-state index in [2.05, 4.69) is 0 Å². The summed E-state index contributed by atoms with van der Waals surface area (Å²) in [6.45, 7) is 1.55. The van der Waals surface area contributed by atoms with Crippen molar-refractivity contribution in [2.45, 2.75) is 6.92 Å².